The molecule has 138 valence electrons. The van der Waals surface area contributed by atoms with Crippen LogP contribution in [0.15, 0.2) is 18.2 Å². The van der Waals surface area contributed by atoms with Crippen LogP contribution in [0.4, 0.5) is 10.6 Å². The fourth-order valence-corrected chi connectivity index (χ4v) is 3.86. The third-order valence-corrected chi connectivity index (χ3v) is 5.47. The Labute approximate surface area is 150 Å². The van der Waals surface area contributed by atoms with E-state index in [-0.39, 0.29) is 24.7 Å². The Kier molecular flexibility index (Phi) is 6.13. The molecule has 1 aromatic rings. The van der Waals surface area contributed by atoms with Crippen molar-refractivity contribution in [2.24, 2.45) is 5.92 Å². The summed E-state index contributed by atoms with van der Waals surface area (Å²) < 4.78 is 0. The lowest BCUT2D eigenvalue weighted by Crippen LogP contribution is -2.50. The van der Waals surface area contributed by atoms with Crippen molar-refractivity contribution in [1.29, 1.82) is 0 Å². The summed E-state index contributed by atoms with van der Waals surface area (Å²) in [5.74, 6) is 1.45. The Hall–Kier alpha value is -1.82. The average molecular weight is 346 g/mol. The molecule has 1 aromatic heterocycles. The molecule has 0 unspecified atom stereocenters. The molecular weight excluding hydrogens is 316 g/mol. The Balaban J connectivity index is 1.39. The molecule has 3 rings (SSSR count). The molecule has 6 heteroatoms. The van der Waals surface area contributed by atoms with Crippen LogP contribution in [-0.2, 0) is 0 Å². The molecule has 2 fully saturated rings. The number of aliphatic hydroxyl groups is 1. The molecule has 0 radical (unpaired) electrons. The van der Waals surface area contributed by atoms with Crippen LogP contribution in [0, 0.1) is 12.8 Å². The van der Waals surface area contributed by atoms with E-state index in [2.05, 4.69) is 26.6 Å². The zero-order chi connectivity index (χ0) is 17.6. The third-order valence-electron chi connectivity index (χ3n) is 5.47. The van der Waals surface area contributed by atoms with E-state index in [0.29, 0.717) is 5.92 Å². The maximum atomic E-state index is 12.2. The molecule has 2 aliphatic rings. The van der Waals surface area contributed by atoms with Crippen molar-refractivity contribution in [3.63, 3.8) is 0 Å². The molecule has 0 bridgehead atoms. The largest absolute Gasteiger partial charge is 0.396 e. The van der Waals surface area contributed by atoms with Crippen molar-refractivity contribution in [3.05, 3.63) is 23.9 Å². The molecule has 6 nitrogen and oxygen atoms in total. The highest BCUT2D eigenvalue weighted by atomic mass is 16.3. The van der Waals surface area contributed by atoms with Crippen LogP contribution in [0.5, 0.6) is 0 Å². The normalized spacial score (nSPS) is 24.8. The summed E-state index contributed by atoms with van der Waals surface area (Å²) in [6.07, 6.45) is 5.83. The molecule has 2 heterocycles. The van der Waals surface area contributed by atoms with Gasteiger partial charge in [-0.15, -0.1) is 0 Å². The molecule has 1 aliphatic heterocycles. The van der Waals surface area contributed by atoms with Crippen LogP contribution in [0.3, 0.4) is 0 Å². The summed E-state index contributed by atoms with van der Waals surface area (Å²) in [5.41, 5.74) is 1.04. The van der Waals surface area contributed by atoms with E-state index in [9.17, 15) is 9.90 Å². The minimum Gasteiger partial charge on any atom is -0.396 e. The van der Waals surface area contributed by atoms with Gasteiger partial charge < -0.3 is 20.6 Å². The number of nitrogens with zero attached hydrogens (tertiary/aromatic N) is 2. The number of aryl methyl sites for hydroxylation is 1. The highest BCUT2D eigenvalue weighted by Gasteiger charge is 2.24. The molecule has 2 amide bonds. The van der Waals surface area contributed by atoms with Crippen LogP contribution in [0.25, 0.3) is 0 Å². The summed E-state index contributed by atoms with van der Waals surface area (Å²) in [7, 11) is 0. The predicted molar refractivity (Wildman–Crippen MR) is 98.7 cm³/mol. The fraction of sp³-hybridized carbons (Fsp3) is 0.684. The van der Waals surface area contributed by atoms with Gasteiger partial charge in [-0.25, -0.2) is 9.78 Å². The lowest BCUT2D eigenvalue weighted by molar-refractivity contribution is 0.174. The number of hydrogen-bond donors (Lipinski definition) is 3. The van der Waals surface area contributed by atoms with E-state index in [1.807, 2.05) is 19.1 Å². The topological polar surface area (TPSA) is 77.5 Å². The van der Waals surface area contributed by atoms with Gasteiger partial charge in [0.05, 0.1) is 0 Å². The number of carbonyl (C=O) groups excluding carboxylic acids is 1. The average Bonchev–Trinajstić information content (AvgIpc) is 2.63. The van der Waals surface area contributed by atoms with E-state index in [0.717, 1.165) is 63.1 Å². The van der Waals surface area contributed by atoms with Gasteiger partial charge in [0, 0.05) is 37.5 Å². The summed E-state index contributed by atoms with van der Waals surface area (Å²) >= 11 is 0. The van der Waals surface area contributed by atoms with Crippen molar-refractivity contribution < 1.29 is 9.90 Å². The first-order valence-electron chi connectivity index (χ1n) is 9.50. The maximum Gasteiger partial charge on any atom is 0.315 e. The minimum absolute atomic E-state index is 0.0421. The van der Waals surface area contributed by atoms with Crippen LogP contribution in [-0.4, -0.2) is 47.9 Å². The first-order valence-corrected chi connectivity index (χ1v) is 9.50. The summed E-state index contributed by atoms with van der Waals surface area (Å²) in [6, 6.07) is 6.54. The van der Waals surface area contributed by atoms with Crippen molar-refractivity contribution in [3.8, 4) is 0 Å². The molecular formula is C19H30N4O2. The lowest BCUT2D eigenvalue weighted by Gasteiger charge is -2.34. The smallest absolute Gasteiger partial charge is 0.315 e. The second kappa shape index (κ2) is 8.52. The standard InChI is InChI=1S/C19H30N4O2/c1-14-3-2-4-18(20-14)23-11-9-17(10-12-23)22-19(25)21-16-7-5-15(13-24)6-8-16/h2-4,15-17,24H,5-13H2,1H3,(H2,21,22,25). The second-order valence-electron chi connectivity index (χ2n) is 7.42. The van der Waals surface area contributed by atoms with Gasteiger partial charge >= 0.3 is 6.03 Å². The van der Waals surface area contributed by atoms with Crippen LogP contribution in [0.2, 0.25) is 0 Å². The van der Waals surface area contributed by atoms with Gasteiger partial charge in [-0.2, -0.15) is 0 Å². The number of aromatic nitrogens is 1. The van der Waals surface area contributed by atoms with E-state index in [1.54, 1.807) is 0 Å². The van der Waals surface area contributed by atoms with Crippen LogP contribution < -0.4 is 15.5 Å². The molecule has 1 saturated carbocycles. The Bertz CT molecular complexity index is 564. The number of amides is 2. The van der Waals surface area contributed by atoms with Crippen LogP contribution >= 0.6 is 0 Å². The van der Waals surface area contributed by atoms with E-state index in [1.165, 1.54) is 0 Å². The third kappa shape index (κ3) is 5.08. The van der Waals surface area contributed by atoms with Gasteiger partial charge in [-0.3, -0.25) is 0 Å². The van der Waals surface area contributed by atoms with E-state index in [4.69, 9.17) is 0 Å². The number of carbonyl (C=O) groups is 1. The maximum absolute atomic E-state index is 12.2. The lowest BCUT2D eigenvalue weighted by atomic mass is 9.87. The molecule has 3 N–H and O–H groups in total. The zero-order valence-electron chi connectivity index (χ0n) is 15.1. The number of anilines is 1. The molecule has 1 aliphatic carbocycles. The van der Waals surface area contributed by atoms with Crippen molar-refractivity contribution in [2.45, 2.75) is 57.5 Å². The molecule has 0 aromatic carbocycles. The van der Waals surface area contributed by atoms with Crippen molar-refractivity contribution in [1.82, 2.24) is 15.6 Å². The summed E-state index contributed by atoms with van der Waals surface area (Å²) in [4.78, 5) is 19.1. The Morgan fingerprint density at radius 3 is 2.36 bits per heavy atom. The predicted octanol–water partition coefficient (Wildman–Crippen LogP) is 2.21. The molecule has 0 atom stereocenters. The summed E-state index contributed by atoms with van der Waals surface area (Å²) in [6.45, 7) is 4.12. The minimum atomic E-state index is -0.0421. The van der Waals surface area contributed by atoms with Gasteiger partial charge in [-0.05, 0) is 63.5 Å². The van der Waals surface area contributed by atoms with Gasteiger partial charge in [0.15, 0.2) is 0 Å². The molecule has 0 spiro atoms. The van der Waals surface area contributed by atoms with Gasteiger partial charge in [0.25, 0.3) is 0 Å². The van der Waals surface area contributed by atoms with Gasteiger partial charge in [0.2, 0.25) is 0 Å². The summed E-state index contributed by atoms with van der Waals surface area (Å²) in [5, 5.41) is 15.4. The van der Waals surface area contributed by atoms with Crippen molar-refractivity contribution in [2.75, 3.05) is 24.6 Å². The second-order valence-corrected chi connectivity index (χ2v) is 7.42. The SMILES string of the molecule is Cc1cccc(N2CCC(NC(=O)NC3CCC(CO)CC3)CC2)n1. The number of pyridine rings is 1. The highest BCUT2D eigenvalue weighted by molar-refractivity contribution is 5.74. The van der Waals surface area contributed by atoms with Gasteiger partial charge in [-0.1, -0.05) is 6.07 Å². The Morgan fingerprint density at radius 2 is 1.76 bits per heavy atom. The molecule has 25 heavy (non-hydrogen) atoms. The Morgan fingerprint density at radius 1 is 1.12 bits per heavy atom. The fourth-order valence-electron chi connectivity index (χ4n) is 3.86. The van der Waals surface area contributed by atoms with E-state index < -0.39 is 0 Å². The van der Waals surface area contributed by atoms with Crippen LogP contribution in [0.1, 0.15) is 44.2 Å². The number of rotatable bonds is 4. The number of nitrogens with one attached hydrogen (secondary N) is 2. The molecule has 1 saturated heterocycles. The monoisotopic (exact) mass is 346 g/mol. The number of hydrogen-bond acceptors (Lipinski definition) is 4. The number of urea groups is 1. The van der Waals surface area contributed by atoms with Gasteiger partial charge in [0.1, 0.15) is 5.82 Å². The first kappa shape index (κ1) is 18.0. The highest BCUT2D eigenvalue weighted by Crippen LogP contribution is 2.23. The quantitative estimate of drug-likeness (QED) is 0.781. The van der Waals surface area contributed by atoms with E-state index >= 15 is 0 Å². The zero-order valence-corrected chi connectivity index (χ0v) is 15.1. The van der Waals surface area contributed by atoms with Crippen molar-refractivity contribution >= 4 is 11.8 Å². The number of piperidine rings is 1. The number of aliphatic hydroxyl groups excluding tert-OH is 1. The first-order chi connectivity index (χ1) is 12.1.